The highest BCUT2D eigenvalue weighted by Crippen LogP contribution is 2.34. The molecule has 2 nitrogen and oxygen atoms in total. The van der Waals surface area contributed by atoms with Gasteiger partial charge in [-0.2, -0.15) is 0 Å². The molecule has 0 heterocycles. The fraction of sp³-hybridized carbons (Fsp3) is 0.533. The Bertz CT molecular complexity index is 456. The van der Waals surface area contributed by atoms with Crippen molar-refractivity contribution in [3.05, 3.63) is 34.9 Å². The zero-order valence-electron chi connectivity index (χ0n) is 11.7. The number of carboxylic acids is 1. The summed E-state index contributed by atoms with van der Waals surface area (Å²) >= 11 is 0. The standard InChI is InChI=1S/C15H21FO2/c1-10-6-7-11(15(4,5)16)8-12(10)14(2,3)9-13(17)18/h6-8H,9H2,1-5H3,(H,17,18). The van der Waals surface area contributed by atoms with Crippen molar-refractivity contribution in [3.63, 3.8) is 0 Å². The van der Waals surface area contributed by atoms with Crippen molar-refractivity contribution in [3.8, 4) is 0 Å². The van der Waals surface area contributed by atoms with Crippen molar-refractivity contribution in [2.75, 3.05) is 0 Å². The summed E-state index contributed by atoms with van der Waals surface area (Å²) in [5.41, 5.74) is 0.558. The molecule has 0 aliphatic heterocycles. The smallest absolute Gasteiger partial charge is 0.304 e. The van der Waals surface area contributed by atoms with E-state index in [9.17, 15) is 9.18 Å². The topological polar surface area (TPSA) is 37.3 Å². The summed E-state index contributed by atoms with van der Waals surface area (Å²) < 4.78 is 14.0. The van der Waals surface area contributed by atoms with Crippen LogP contribution in [0.2, 0.25) is 0 Å². The molecule has 0 aliphatic rings. The molecule has 0 amide bonds. The molecule has 0 atom stereocenters. The third-order valence-electron chi connectivity index (χ3n) is 3.25. The minimum absolute atomic E-state index is 0.0318. The van der Waals surface area contributed by atoms with Gasteiger partial charge in [0.15, 0.2) is 0 Å². The Kier molecular flexibility index (Phi) is 3.84. The van der Waals surface area contributed by atoms with Crippen molar-refractivity contribution < 1.29 is 14.3 Å². The predicted octanol–water partition coefficient (Wildman–Crippen LogP) is 3.95. The van der Waals surface area contributed by atoms with Gasteiger partial charge in [0.1, 0.15) is 5.67 Å². The second kappa shape index (κ2) is 4.71. The van der Waals surface area contributed by atoms with Crippen molar-refractivity contribution in [1.29, 1.82) is 0 Å². The third kappa shape index (κ3) is 3.31. The van der Waals surface area contributed by atoms with Gasteiger partial charge in [-0.1, -0.05) is 32.0 Å². The van der Waals surface area contributed by atoms with E-state index in [0.717, 1.165) is 11.1 Å². The molecule has 0 saturated heterocycles. The molecule has 0 aliphatic carbocycles. The lowest BCUT2D eigenvalue weighted by molar-refractivity contribution is -0.138. The first-order chi connectivity index (χ1) is 8.04. The van der Waals surface area contributed by atoms with E-state index in [4.69, 9.17) is 5.11 Å². The molecule has 18 heavy (non-hydrogen) atoms. The number of aliphatic carboxylic acids is 1. The molecule has 1 aromatic rings. The van der Waals surface area contributed by atoms with Gasteiger partial charge in [0.05, 0.1) is 6.42 Å². The lowest BCUT2D eigenvalue weighted by Crippen LogP contribution is -2.24. The number of halogens is 1. The largest absolute Gasteiger partial charge is 0.481 e. The number of carboxylic acid groups (broad SMARTS) is 1. The monoisotopic (exact) mass is 252 g/mol. The minimum Gasteiger partial charge on any atom is -0.481 e. The van der Waals surface area contributed by atoms with Gasteiger partial charge < -0.3 is 5.11 Å². The Morgan fingerprint density at radius 2 is 1.83 bits per heavy atom. The summed E-state index contributed by atoms with van der Waals surface area (Å²) in [6.07, 6.45) is 0.0318. The highest BCUT2D eigenvalue weighted by Gasteiger charge is 2.28. The van der Waals surface area contributed by atoms with Gasteiger partial charge in [-0.15, -0.1) is 0 Å². The molecule has 0 aromatic heterocycles. The average molecular weight is 252 g/mol. The first-order valence-corrected chi connectivity index (χ1v) is 6.06. The van der Waals surface area contributed by atoms with Crippen LogP contribution < -0.4 is 0 Å². The van der Waals surface area contributed by atoms with Crippen LogP contribution >= 0.6 is 0 Å². The Morgan fingerprint density at radius 1 is 1.28 bits per heavy atom. The molecular formula is C15H21FO2. The van der Waals surface area contributed by atoms with Gasteiger partial charge >= 0.3 is 5.97 Å². The molecule has 0 spiro atoms. The zero-order valence-corrected chi connectivity index (χ0v) is 11.7. The Hall–Kier alpha value is -1.38. The van der Waals surface area contributed by atoms with Gasteiger partial charge in [0.2, 0.25) is 0 Å². The first kappa shape index (κ1) is 14.7. The van der Waals surface area contributed by atoms with Crippen LogP contribution in [0.25, 0.3) is 0 Å². The number of aryl methyl sites for hydroxylation is 1. The van der Waals surface area contributed by atoms with Gasteiger partial charge in [-0.25, -0.2) is 4.39 Å². The van der Waals surface area contributed by atoms with E-state index in [-0.39, 0.29) is 6.42 Å². The van der Waals surface area contributed by atoms with Gasteiger partial charge in [-0.05, 0) is 37.5 Å². The number of rotatable bonds is 4. The lowest BCUT2D eigenvalue weighted by Gasteiger charge is -2.27. The summed E-state index contributed by atoms with van der Waals surface area (Å²) in [5, 5.41) is 8.96. The highest BCUT2D eigenvalue weighted by atomic mass is 19.1. The molecule has 0 saturated carbocycles. The molecule has 0 fully saturated rings. The fourth-order valence-electron chi connectivity index (χ4n) is 2.19. The maximum atomic E-state index is 14.0. The van der Waals surface area contributed by atoms with E-state index in [1.807, 2.05) is 26.8 Å². The maximum absolute atomic E-state index is 14.0. The van der Waals surface area contributed by atoms with Gasteiger partial charge in [0, 0.05) is 5.41 Å². The van der Waals surface area contributed by atoms with Crippen LogP contribution in [0.15, 0.2) is 18.2 Å². The van der Waals surface area contributed by atoms with E-state index in [2.05, 4.69) is 0 Å². The van der Waals surface area contributed by atoms with E-state index >= 15 is 0 Å². The van der Waals surface area contributed by atoms with Gasteiger partial charge in [-0.3, -0.25) is 4.79 Å². The van der Waals surface area contributed by atoms with Crippen molar-refractivity contribution in [2.45, 2.75) is 52.1 Å². The molecule has 1 aromatic carbocycles. The Balaban J connectivity index is 3.27. The maximum Gasteiger partial charge on any atom is 0.304 e. The molecule has 3 heteroatoms. The van der Waals surface area contributed by atoms with E-state index < -0.39 is 17.1 Å². The van der Waals surface area contributed by atoms with Crippen LogP contribution in [0.4, 0.5) is 4.39 Å². The van der Waals surface area contributed by atoms with E-state index in [1.165, 1.54) is 13.8 Å². The molecule has 1 rings (SSSR count). The zero-order chi connectivity index (χ0) is 14.1. The third-order valence-corrected chi connectivity index (χ3v) is 3.25. The molecular weight excluding hydrogens is 231 g/mol. The second-order valence-electron chi connectivity index (χ2n) is 5.96. The SMILES string of the molecule is Cc1ccc(C(C)(C)F)cc1C(C)(C)CC(=O)O. The van der Waals surface area contributed by atoms with Crippen LogP contribution in [0.3, 0.4) is 0 Å². The predicted molar refractivity (Wildman–Crippen MR) is 70.6 cm³/mol. The van der Waals surface area contributed by atoms with Crippen LogP contribution in [0, 0.1) is 6.92 Å². The molecule has 0 radical (unpaired) electrons. The van der Waals surface area contributed by atoms with Crippen molar-refractivity contribution in [2.24, 2.45) is 0 Å². The van der Waals surface area contributed by atoms with Crippen LogP contribution in [0.5, 0.6) is 0 Å². The average Bonchev–Trinajstić information content (AvgIpc) is 2.13. The highest BCUT2D eigenvalue weighted by molar-refractivity contribution is 5.69. The summed E-state index contributed by atoms with van der Waals surface area (Å²) in [4.78, 5) is 10.9. The fourth-order valence-corrected chi connectivity index (χ4v) is 2.19. The molecule has 0 bridgehead atoms. The summed E-state index contributed by atoms with van der Waals surface area (Å²) in [5.74, 6) is -0.843. The summed E-state index contributed by atoms with van der Waals surface area (Å²) in [7, 11) is 0. The number of carbonyl (C=O) groups is 1. The van der Waals surface area contributed by atoms with Crippen molar-refractivity contribution >= 4 is 5.97 Å². The van der Waals surface area contributed by atoms with Crippen LogP contribution in [0.1, 0.15) is 50.8 Å². The van der Waals surface area contributed by atoms with Gasteiger partial charge in [0.25, 0.3) is 0 Å². The first-order valence-electron chi connectivity index (χ1n) is 6.06. The molecule has 1 N–H and O–H groups in total. The second-order valence-corrected chi connectivity index (χ2v) is 5.96. The van der Waals surface area contributed by atoms with E-state index in [1.54, 1.807) is 12.1 Å². The molecule has 100 valence electrons. The Labute approximate surface area is 108 Å². The number of alkyl halides is 1. The van der Waals surface area contributed by atoms with Crippen LogP contribution in [-0.2, 0) is 15.9 Å². The number of benzene rings is 1. The van der Waals surface area contributed by atoms with Crippen LogP contribution in [-0.4, -0.2) is 11.1 Å². The summed E-state index contributed by atoms with van der Waals surface area (Å²) in [6.45, 7) is 8.68. The number of hydrogen-bond acceptors (Lipinski definition) is 1. The minimum atomic E-state index is -1.41. The summed E-state index contributed by atoms with van der Waals surface area (Å²) in [6, 6.07) is 5.41. The quantitative estimate of drug-likeness (QED) is 0.880. The van der Waals surface area contributed by atoms with Crippen molar-refractivity contribution in [1.82, 2.24) is 0 Å². The Morgan fingerprint density at radius 3 is 2.28 bits per heavy atom. The number of hydrogen-bond donors (Lipinski definition) is 1. The van der Waals surface area contributed by atoms with E-state index in [0.29, 0.717) is 5.56 Å². The normalized spacial score (nSPS) is 12.6. The molecule has 0 unspecified atom stereocenters. The lowest BCUT2D eigenvalue weighted by atomic mass is 9.78.